The molecule has 1 spiro atoms. The second-order valence-electron chi connectivity index (χ2n) is 9.79. The Morgan fingerprint density at radius 3 is 2.09 bits per heavy atom. The standard InChI is InChI=1S/C26H27N3O3/c30-23(15-9-11-26(12-10-15)24(31)28-25(32)29-26)27-14-16-13-21-17-5-1-3-7-19(17)22(16)20-8-4-2-6-18(20)21/h1-8,15-16,21-22H,9-14H2,(H,27,30)(H2,28,29,31,32). The lowest BCUT2D eigenvalue weighted by Crippen LogP contribution is -2.51. The van der Waals surface area contributed by atoms with E-state index in [0.717, 1.165) is 6.42 Å². The lowest BCUT2D eigenvalue weighted by atomic mass is 9.59. The summed E-state index contributed by atoms with van der Waals surface area (Å²) in [6.45, 7) is 0.668. The van der Waals surface area contributed by atoms with Crippen molar-refractivity contribution in [2.75, 3.05) is 6.54 Å². The van der Waals surface area contributed by atoms with Gasteiger partial charge in [-0.1, -0.05) is 48.5 Å². The summed E-state index contributed by atoms with van der Waals surface area (Å²) in [5.41, 5.74) is 4.87. The molecule has 2 bridgehead atoms. The molecule has 6 nitrogen and oxygen atoms in total. The molecule has 0 radical (unpaired) electrons. The minimum absolute atomic E-state index is 0.0765. The van der Waals surface area contributed by atoms with E-state index < -0.39 is 11.6 Å². The third-order valence-electron chi connectivity index (χ3n) is 8.19. The molecule has 4 aliphatic carbocycles. The van der Waals surface area contributed by atoms with E-state index in [0.29, 0.717) is 50.0 Å². The fraction of sp³-hybridized carbons (Fsp3) is 0.423. The zero-order valence-corrected chi connectivity index (χ0v) is 17.9. The van der Waals surface area contributed by atoms with Crippen LogP contribution in [0.15, 0.2) is 48.5 Å². The molecule has 2 aromatic carbocycles. The number of benzene rings is 2. The van der Waals surface area contributed by atoms with Gasteiger partial charge in [-0.25, -0.2) is 4.79 Å². The summed E-state index contributed by atoms with van der Waals surface area (Å²) < 4.78 is 0. The number of amides is 4. The van der Waals surface area contributed by atoms with Gasteiger partial charge in [0.1, 0.15) is 5.54 Å². The summed E-state index contributed by atoms with van der Waals surface area (Å²) in [6, 6.07) is 17.1. The summed E-state index contributed by atoms with van der Waals surface area (Å²) in [7, 11) is 0. The molecule has 4 amide bonds. The number of imide groups is 1. The molecular weight excluding hydrogens is 402 g/mol. The molecule has 0 aromatic heterocycles. The van der Waals surface area contributed by atoms with Crippen molar-refractivity contribution in [3.8, 4) is 0 Å². The molecule has 6 heteroatoms. The molecule has 1 saturated heterocycles. The van der Waals surface area contributed by atoms with Crippen molar-refractivity contribution in [1.29, 1.82) is 0 Å². The van der Waals surface area contributed by atoms with Crippen LogP contribution in [-0.2, 0) is 9.59 Å². The van der Waals surface area contributed by atoms with Crippen LogP contribution < -0.4 is 16.0 Å². The largest absolute Gasteiger partial charge is 0.356 e. The van der Waals surface area contributed by atoms with Gasteiger partial charge in [0, 0.05) is 24.3 Å². The van der Waals surface area contributed by atoms with Gasteiger partial charge in [0.15, 0.2) is 0 Å². The predicted molar refractivity (Wildman–Crippen MR) is 119 cm³/mol. The Labute approximate surface area is 187 Å². The quantitative estimate of drug-likeness (QED) is 0.655. The van der Waals surface area contributed by atoms with Gasteiger partial charge in [-0.2, -0.15) is 0 Å². The van der Waals surface area contributed by atoms with Crippen molar-refractivity contribution < 1.29 is 14.4 Å². The van der Waals surface area contributed by atoms with Crippen molar-refractivity contribution in [3.05, 3.63) is 70.8 Å². The van der Waals surface area contributed by atoms with Gasteiger partial charge in [-0.15, -0.1) is 0 Å². The van der Waals surface area contributed by atoms with Crippen molar-refractivity contribution in [3.63, 3.8) is 0 Å². The maximum absolute atomic E-state index is 13.0. The molecule has 1 saturated carbocycles. The molecule has 7 rings (SSSR count). The maximum atomic E-state index is 13.0. The van der Waals surface area contributed by atoms with Crippen LogP contribution in [0.3, 0.4) is 0 Å². The molecule has 1 aliphatic heterocycles. The summed E-state index contributed by atoms with van der Waals surface area (Å²) in [5.74, 6) is 0.812. The highest BCUT2D eigenvalue weighted by Gasteiger charge is 2.49. The van der Waals surface area contributed by atoms with Crippen LogP contribution in [0.1, 0.15) is 66.2 Å². The SMILES string of the molecule is O=C1NC(=O)C2(CCC(C(=O)NCC3CC4c5ccccc5C3c3ccccc34)CC2)N1. The molecule has 32 heavy (non-hydrogen) atoms. The highest BCUT2D eigenvalue weighted by Crippen LogP contribution is 2.55. The number of hydrogen-bond donors (Lipinski definition) is 3. The smallest absolute Gasteiger partial charge is 0.322 e. The number of hydrogen-bond acceptors (Lipinski definition) is 3. The fourth-order valence-electron chi connectivity index (χ4n) is 6.59. The number of fused-ring (bicyclic) bond motifs is 1. The highest BCUT2D eigenvalue weighted by molar-refractivity contribution is 6.07. The van der Waals surface area contributed by atoms with Crippen LogP contribution in [0.2, 0.25) is 0 Å². The van der Waals surface area contributed by atoms with Crippen LogP contribution in [0, 0.1) is 11.8 Å². The second kappa shape index (κ2) is 7.19. The van der Waals surface area contributed by atoms with Gasteiger partial charge in [0.2, 0.25) is 5.91 Å². The van der Waals surface area contributed by atoms with Crippen LogP contribution in [0.25, 0.3) is 0 Å². The van der Waals surface area contributed by atoms with Crippen molar-refractivity contribution in [1.82, 2.24) is 16.0 Å². The normalized spacial score (nSPS) is 32.1. The Balaban J connectivity index is 1.14. The number of nitrogens with one attached hydrogen (secondary N) is 3. The molecular formula is C26H27N3O3. The summed E-state index contributed by atoms with van der Waals surface area (Å²) in [6.07, 6.45) is 3.30. The highest BCUT2D eigenvalue weighted by atomic mass is 16.2. The van der Waals surface area contributed by atoms with Crippen LogP contribution >= 0.6 is 0 Å². The van der Waals surface area contributed by atoms with E-state index in [1.54, 1.807) is 0 Å². The zero-order chi connectivity index (χ0) is 21.9. The van der Waals surface area contributed by atoms with Gasteiger partial charge >= 0.3 is 6.03 Å². The average Bonchev–Trinajstić information content (AvgIpc) is 3.10. The van der Waals surface area contributed by atoms with E-state index in [2.05, 4.69) is 64.5 Å². The molecule has 1 heterocycles. The summed E-state index contributed by atoms with van der Waals surface area (Å²) >= 11 is 0. The molecule has 2 aromatic rings. The Morgan fingerprint density at radius 1 is 0.938 bits per heavy atom. The van der Waals surface area contributed by atoms with Crippen molar-refractivity contribution >= 4 is 17.8 Å². The monoisotopic (exact) mass is 429 g/mol. The van der Waals surface area contributed by atoms with Gasteiger partial charge in [-0.05, 0) is 60.3 Å². The lowest BCUT2D eigenvalue weighted by molar-refractivity contribution is -0.130. The van der Waals surface area contributed by atoms with E-state index in [1.165, 1.54) is 22.3 Å². The fourth-order valence-corrected chi connectivity index (χ4v) is 6.59. The van der Waals surface area contributed by atoms with E-state index >= 15 is 0 Å². The number of rotatable bonds is 3. The first-order valence-electron chi connectivity index (χ1n) is 11.6. The first kappa shape index (κ1) is 19.5. The lowest BCUT2D eigenvalue weighted by Gasteiger charge is -2.45. The third-order valence-corrected chi connectivity index (χ3v) is 8.19. The van der Waals surface area contributed by atoms with E-state index in [4.69, 9.17) is 0 Å². The van der Waals surface area contributed by atoms with E-state index in [9.17, 15) is 14.4 Å². The Bertz CT molecular complexity index is 1070. The van der Waals surface area contributed by atoms with E-state index in [1.807, 2.05) is 0 Å². The number of urea groups is 1. The first-order valence-corrected chi connectivity index (χ1v) is 11.6. The van der Waals surface area contributed by atoms with E-state index in [-0.39, 0.29) is 17.7 Å². The minimum atomic E-state index is -0.816. The summed E-state index contributed by atoms with van der Waals surface area (Å²) in [5, 5.41) is 8.34. The Morgan fingerprint density at radius 2 is 1.53 bits per heavy atom. The molecule has 1 unspecified atom stereocenters. The first-order chi connectivity index (χ1) is 15.6. The molecule has 2 fully saturated rings. The van der Waals surface area contributed by atoms with Gasteiger partial charge in [0.25, 0.3) is 5.91 Å². The average molecular weight is 430 g/mol. The van der Waals surface area contributed by atoms with Crippen molar-refractivity contribution in [2.45, 2.75) is 49.5 Å². The van der Waals surface area contributed by atoms with Crippen molar-refractivity contribution in [2.24, 2.45) is 11.8 Å². The molecule has 164 valence electrons. The number of carbonyl (C=O) groups excluding carboxylic acids is 3. The van der Waals surface area contributed by atoms with Gasteiger partial charge in [0.05, 0.1) is 0 Å². The Kier molecular flexibility index (Phi) is 4.39. The van der Waals surface area contributed by atoms with Crippen LogP contribution in [0.4, 0.5) is 4.79 Å². The third kappa shape index (κ3) is 2.89. The van der Waals surface area contributed by atoms with Gasteiger partial charge in [-0.3, -0.25) is 14.9 Å². The summed E-state index contributed by atoms with van der Waals surface area (Å²) in [4.78, 5) is 36.7. The zero-order valence-electron chi connectivity index (χ0n) is 17.9. The van der Waals surface area contributed by atoms with Crippen LogP contribution in [0.5, 0.6) is 0 Å². The second-order valence-corrected chi connectivity index (χ2v) is 9.79. The molecule has 5 aliphatic rings. The topological polar surface area (TPSA) is 87.3 Å². The number of carbonyl (C=O) groups is 3. The van der Waals surface area contributed by atoms with Crippen LogP contribution in [-0.4, -0.2) is 29.9 Å². The Hall–Kier alpha value is -3.15. The predicted octanol–water partition coefficient (Wildman–Crippen LogP) is 3.17. The molecule has 1 atom stereocenters. The minimum Gasteiger partial charge on any atom is -0.356 e. The molecule has 3 N–H and O–H groups in total. The maximum Gasteiger partial charge on any atom is 0.322 e. The van der Waals surface area contributed by atoms with Gasteiger partial charge < -0.3 is 10.6 Å².